The molecule has 1 fully saturated rings. The minimum Gasteiger partial charge on any atom is -0.368 e. The van der Waals surface area contributed by atoms with E-state index < -0.39 is 83.1 Å². The zero-order valence-corrected chi connectivity index (χ0v) is 39.6. The highest BCUT2D eigenvalue weighted by Gasteiger charge is 2.44. The Hall–Kier alpha value is -6.63. The van der Waals surface area contributed by atoms with Crippen LogP contribution in [0.3, 0.4) is 0 Å². The van der Waals surface area contributed by atoms with E-state index in [0.29, 0.717) is 31.5 Å². The molecule has 0 aliphatic carbocycles. The number of aromatic amines is 1. The predicted octanol–water partition coefficient (Wildman–Crippen LogP) is 2.51. The van der Waals surface area contributed by atoms with Crippen LogP contribution >= 0.6 is 11.3 Å². The van der Waals surface area contributed by atoms with Crippen molar-refractivity contribution in [2.24, 2.45) is 11.5 Å². The van der Waals surface area contributed by atoms with Gasteiger partial charge in [0.25, 0.3) is 0 Å². The van der Waals surface area contributed by atoms with E-state index >= 15 is 0 Å². The third-order valence-corrected chi connectivity index (χ3v) is 13.6. The summed E-state index contributed by atoms with van der Waals surface area (Å²) >= 11 is 1.52. The number of nitrogens with two attached hydrogens (primary N) is 2. The number of piperidine rings is 1. The van der Waals surface area contributed by atoms with E-state index in [1.54, 1.807) is 13.1 Å². The first-order valence-electron chi connectivity index (χ1n) is 23.4. The number of hydrogen-bond donors (Lipinski definition) is 10. The molecule has 0 radical (unpaired) electrons. The van der Waals surface area contributed by atoms with Gasteiger partial charge in [0.1, 0.15) is 35.7 Å². The molecule has 0 saturated carbocycles. The highest BCUT2D eigenvalue weighted by atomic mass is 32.1. The number of rotatable bonds is 23. The maximum Gasteiger partial charge on any atom is 0.246 e. The van der Waals surface area contributed by atoms with Crippen LogP contribution in [-0.4, -0.2) is 101 Å². The second kappa shape index (κ2) is 23.9. The molecule has 0 unspecified atom stereocenters. The Morgan fingerprint density at radius 2 is 1.26 bits per heavy atom. The molecule has 1 aliphatic rings. The van der Waals surface area contributed by atoms with E-state index in [1.807, 2.05) is 91.2 Å². The van der Waals surface area contributed by atoms with Crippen molar-refractivity contribution in [3.8, 4) is 0 Å². The largest absolute Gasteiger partial charge is 0.368 e. The fourth-order valence-electron chi connectivity index (χ4n) is 8.36. The van der Waals surface area contributed by atoms with Gasteiger partial charge >= 0.3 is 0 Å². The van der Waals surface area contributed by atoms with Crippen molar-refractivity contribution in [2.75, 3.05) is 13.1 Å². The van der Waals surface area contributed by atoms with Gasteiger partial charge < -0.3 is 53.7 Å². The van der Waals surface area contributed by atoms with Crippen molar-refractivity contribution in [1.29, 1.82) is 0 Å². The highest BCUT2D eigenvalue weighted by molar-refractivity contribution is 7.17. The lowest BCUT2D eigenvalue weighted by Gasteiger charge is -2.39. The lowest BCUT2D eigenvalue weighted by Crippen LogP contribution is -2.67. The van der Waals surface area contributed by atoms with Crippen molar-refractivity contribution < 1.29 is 33.6 Å². The second-order valence-electron chi connectivity index (χ2n) is 17.5. The van der Waals surface area contributed by atoms with Crippen LogP contribution in [0.4, 0.5) is 0 Å². The smallest absolute Gasteiger partial charge is 0.246 e. The number of thiophene rings is 1. The number of fused-ring (bicyclic) bond motifs is 2. The van der Waals surface area contributed by atoms with Crippen LogP contribution in [0.2, 0.25) is 0 Å². The summed E-state index contributed by atoms with van der Waals surface area (Å²) in [6.07, 6.45) is 4.18. The number of H-pyrrole nitrogens is 1. The number of amides is 7. The van der Waals surface area contributed by atoms with E-state index in [0.717, 1.165) is 38.5 Å². The summed E-state index contributed by atoms with van der Waals surface area (Å²) in [5, 5.41) is 24.1. The molecule has 12 N–H and O–H groups in total. The SMILES string of the molecule is CCCC[C@@H](NC(=O)C1(NC(=O)[C@H](Cc2ccccc2)NC(=O)[C@@H](Cc2c[nH]c3ccccc23)NC(=O)[C@@H](Cc2csc3ccccc23)NC(=O)[C@H](N)CC)CCNCC1)C(=O)N[C@H](C)C(N)=O. The average Bonchev–Trinajstić information content (AvgIpc) is 3.95. The maximum atomic E-state index is 14.9. The standard InChI is InChI=1S/C50H64N10O7S/c1-4-6-18-38(45(63)55-30(3)43(52)61)59-49(67)50(21-23-53-24-22-50)60-48(66)39(25-31-14-8-7-9-15-31)57-46(64)40(26-32-28-54-37-19-12-10-16-34(32)37)58-47(65)41(56-44(62)36(51)5-2)27-33-29-68-42-20-13-11-17-35(33)42/h7-17,19-20,28-30,36,38-41,53-54H,4-6,18,21-27,51H2,1-3H3,(H2,52,61)(H,55,63)(H,56,62)(H,57,64)(H,58,65)(H,59,67)(H,60,66)/t30-,36-,38-,39+,40-,41-/m1/s1. The van der Waals surface area contributed by atoms with Crippen molar-refractivity contribution in [3.05, 3.63) is 107 Å². The highest BCUT2D eigenvalue weighted by Crippen LogP contribution is 2.27. The number of carbonyl (C=O) groups is 7. The third kappa shape index (κ3) is 13.1. The molecule has 1 saturated heterocycles. The number of para-hydroxylation sites is 1. The molecule has 0 bridgehead atoms. The summed E-state index contributed by atoms with van der Waals surface area (Å²) in [5.74, 6) is -4.37. The maximum absolute atomic E-state index is 14.9. The van der Waals surface area contributed by atoms with Gasteiger partial charge in [-0.25, -0.2) is 0 Å². The van der Waals surface area contributed by atoms with Crippen molar-refractivity contribution in [1.82, 2.24) is 42.2 Å². The molecule has 0 spiro atoms. The molecule has 18 heteroatoms. The zero-order chi connectivity index (χ0) is 48.8. The van der Waals surface area contributed by atoms with Crippen molar-refractivity contribution in [2.45, 2.75) is 120 Å². The van der Waals surface area contributed by atoms with Gasteiger partial charge in [0.15, 0.2) is 0 Å². The Bertz CT molecular complexity index is 2560. The number of carbonyl (C=O) groups excluding carboxylic acids is 7. The van der Waals surface area contributed by atoms with E-state index in [4.69, 9.17) is 11.5 Å². The van der Waals surface area contributed by atoms with Crippen LogP contribution in [0.5, 0.6) is 0 Å². The fraction of sp³-hybridized carbons (Fsp3) is 0.420. The lowest BCUT2D eigenvalue weighted by atomic mass is 9.86. The average molecular weight is 949 g/mol. The molecular weight excluding hydrogens is 885 g/mol. The molecule has 1 aliphatic heterocycles. The topological polar surface area (TPSA) is 272 Å². The summed E-state index contributed by atoms with van der Waals surface area (Å²) < 4.78 is 1.01. The van der Waals surface area contributed by atoms with Crippen LogP contribution < -0.4 is 48.7 Å². The number of unbranched alkanes of at least 4 members (excludes halogenated alkanes) is 1. The molecule has 17 nitrogen and oxygen atoms in total. The number of nitrogens with one attached hydrogen (secondary N) is 8. The first-order chi connectivity index (χ1) is 32.7. The normalized spacial score (nSPS) is 16.0. The summed E-state index contributed by atoms with van der Waals surface area (Å²) in [6.45, 7) is 5.91. The fourth-order valence-corrected chi connectivity index (χ4v) is 9.34. The van der Waals surface area contributed by atoms with E-state index in [9.17, 15) is 33.6 Å². The molecule has 6 rings (SSSR count). The Balaban J connectivity index is 1.31. The number of benzene rings is 3. The Morgan fingerprint density at radius 1 is 0.676 bits per heavy atom. The predicted molar refractivity (Wildman–Crippen MR) is 263 cm³/mol. The Morgan fingerprint density at radius 3 is 1.93 bits per heavy atom. The van der Waals surface area contributed by atoms with Crippen LogP contribution in [0, 0.1) is 0 Å². The van der Waals surface area contributed by atoms with Gasteiger partial charge in [-0.05, 0) is 85.3 Å². The number of aromatic nitrogens is 1. The molecule has 68 heavy (non-hydrogen) atoms. The quantitative estimate of drug-likeness (QED) is 0.0460. The summed E-state index contributed by atoms with van der Waals surface area (Å²) in [6, 6.07) is 17.9. The third-order valence-electron chi connectivity index (χ3n) is 12.6. The van der Waals surface area contributed by atoms with Crippen LogP contribution in [0.1, 0.15) is 76.0 Å². The molecular formula is C50H64N10O7S. The minimum absolute atomic E-state index is 0.00534. The van der Waals surface area contributed by atoms with E-state index in [2.05, 4.69) is 42.2 Å². The monoisotopic (exact) mass is 948 g/mol. The molecule has 3 heterocycles. The van der Waals surface area contributed by atoms with Crippen molar-refractivity contribution >= 4 is 73.7 Å². The van der Waals surface area contributed by atoms with Crippen LogP contribution in [0.25, 0.3) is 21.0 Å². The number of hydrogen-bond acceptors (Lipinski definition) is 10. The van der Waals surface area contributed by atoms with Gasteiger partial charge in [-0.1, -0.05) is 93.4 Å². The molecule has 2 aromatic heterocycles. The summed E-state index contributed by atoms with van der Waals surface area (Å²) in [4.78, 5) is 101. The van der Waals surface area contributed by atoms with Gasteiger partial charge in [0.2, 0.25) is 41.4 Å². The van der Waals surface area contributed by atoms with Gasteiger partial charge in [-0.15, -0.1) is 11.3 Å². The molecule has 7 amide bonds. The molecule has 5 aromatic rings. The number of primary amides is 1. The van der Waals surface area contributed by atoms with Gasteiger partial charge in [-0.2, -0.15) is 0 Å². The van der Waals surface area contributed by atoms with Crippen molar-refractivity contribution in [3.63, 3.8) is 0 Å². The van der Waals surface area contributed by atoms with E-state index in [1.165, 1.54) is 18.3 Å². The summed E-state index contributed by atoms with van der Waals surface area (Å²) in [5.41, 5.74) is 13.2. The molecule has 6 atom stereocenters. The zero-order valence-electron chi connectivity index (χ0n) is 38.8. The van der Waals surface area contributed by atoms with E-state index in [-0.39, 0.29) is 38.5 Å². The van der Waals surface area contributed by atoms with Crippen LogP contribution in [-0.2, 0) is 52.8 Å². The van der Waals surface area contributed by atoms with Crippen LogP contribution in [0.15, 0.2) is 90.4 Å². The summed E-state index contributed by atoms with van der Waals surface area (Å²) in [7, 11) is 0. The lowest BCUT2D eigenvalue weighted by molar-refractivity contribution is -0.139. The van der Waals surface area contributed by atoms with Gasteiger partial charge in [0.05, 0.1) is 6.04 Å². The molecule has 362 valence electrons. The van der Waals surface area contributed by atoms with Gasteiger partial charge in [-0.3, -0.25) is 33.6 Å². The second-order valence-corrected chi connectivity index (χ2v) is 18.4. The van der Waals surface area contributed by atoms with Gasteiger partial charge in [0, 0.05) is 41.1 Å². The first-order valence-corrected chi connectivity index (χ1v) is 24.2. The first kappa shape index (κ1) is 50.8. The Kier molecular flexibility index (Phi) is 17.8. The Labute approximate surface area is 400 Å². The molecule has 3 aromatic carbocycles. The minimum atomic E-state index is -1.49.